The number of anilines is 1. The first-order valence-electron chi connectivity index (χ1n) is 13.5. The molecule has 3 aromatic rings. The maximum absolute atomic E-state index is 14.0. The summed E-state index contributed by atoms with van der Waals surface area (Å²) < 4.78 is 39.3. The number of hydrogen-bond acceptors (Lipinski definition) is 6. The molecule has 9 nitrogen and oxygen atoms in total. The topological polar surface area (TPSA) is 105 Å². The predicted octanol–water partition coefficient (Wildman–Crippen LogP) is 4.54. The fourth-order valence-electron chi connectivity index (χ4n) is 4.16. The van der Waals surface area contributed by atoms with E-state index < -0.39 is 28.5 Å². The van der Waals surface area contributed by atoms with E-state index in [0.29, 0.717) is 23.7 Å². The largest absolute Gasteiger partial charge is 0.497 e. The van der Waals surface area contributed by atoms with Gasteiger partial charge in [0.2, 0.25) is 11.8 Å². The molecule has 2 amide bonds. The van der Waals surface area contributed by atoms with Gasteiger partial charge in [0.05, 0.1) is 24.8 Å². The SMILES string of the molecule is CCCCNC(=O)[C@H](C)N(Cc1ccc(OC)cc1)C(=O)CN(c1ccc(C)cc1)S(=O)(=O)c1ccc(OC)cc1. The van der Waals surface area contributed by atoms with E-state index in [9.17, 15) is 18.0 Å². The van der Waals surface area contributed by atoms with Crippen molar-refractivity contribution >= 4 is 27.5 Å². The van der Waals surface area contributed by atoms with Crippen LogP contribution in [0.3, 0.4) is 0 Å². The normalized spacial score (nSPS) is 11.8. The first-order valence-corrected chi connectivity index (χ1v) is 15.0. The summed E-state index contributed by atoms with van der Waals surface area (Å²) in [7, 11) is -1.09. The van der Waals surface area contributed by atoms with Crippen LogP contribution >= 0.6 is 0 Å². The van der Waals surface area contributed by atoms with E-state index in [0.717, 1.165) is 28.3 Å². The molecule has 0 saturated carbocycles. The maximum atomic E-state index is 14.0. The minimum absolute atomic E-state index is 0.0127. The summed E-state index contributed by atoms with van der Waals surface area (Å²) in [6, 6.07) is 19.2. The number of unbranched alkanes of at least 4 members (excludes halogenated alkanes) is 1. The molecule has 0 aliphatic carbocycles. The van der Waals surface area contributed by atoms with Gasteiger partial charge in [-0.05, 0) is 74.4 Å². The van der Waals surface area contributed by atoms with E-state index in [1.54, 1.807) is 62.6 Å². The Morgan fingerprint density at radius 2 is 1.44 bits per heavy atom. The minimum atomic E-state index is -4.15. The minimum Gasteiger partial charge on any atom is -0.497 e. The third-order valence-corrected chi connectivity index (χ3v) is 8.55. The van der Waals surface area contributed by atoms with Crippen molar-refractivity contribution in [2.45, 2.75) is 51.1 Å². The van der Waals surface area contributed by atoms with Crippen LogP contribution in [0.2, 0.25) is 0 Å². The van der Waals surface area contributed by atoms with Crippen LogP contribution in [0, 0.1) is 6.92 Å². The quantitative estimate of drug-likeness (QED) is 0.280. The number of ether oxygens (including phenoxy) is 2. The number of methoxy groups -OCH3 is 2. The third kappa shape index (κ3) is 8.23. The zero-order chi connectivity index (χ0) is 30.0. The third-order valence-electron chi connectivity index (χ3n) is 6.76. The average molecular weight is 582 g/mol. The van der Waals surface area contributed by atoms with E-state index in [1.165, 1.54) is 24.1 Å². The van der Waals surface area contributed by atoms with Crippen LogP contribution in [-0.4, -0.2) is 58.5 Å². The van der Waals surface area contributed by atoms with Gasteiger partial charge in [0.1, 0.15) is 24.1 Å². The average Bonchev–Trinajstić information content (AvgIpc) is 2.99. The maximum Gasteiger partial charge on any atom is 0.264 e. The molecule has 0 aromatic heterocycles. The smallest absolute Gasteiger partial charge is 0.264 e. The molecule has 0 spiro atoms. The van der Waals surface area contributed by atoms with E-state index in [1.807, 2.05) is 26.0 Å². The second kappa shape index (κ2) is 14.5. The van der Waals surface area contributed by atoms with Crippen LogP contribution in [-0.2, 0) is 26.2 Å². The van der Waals surface area contributed by atoms with Gasteiger partial charge < -0.3 is 19.7 Å². The second-order valence-electron chi connectivity index (χ2n) is 9.71. The molecule has 0 radical (unpaired) electrons. The van der Waals surface area contributed by atoms with Crippen LogP contribution in [0.1, 0.15) is 37.8 Å². The van der Waals surface area contributed by atoms with Crippen molar-refractivity contribution in [1.29, 1.82) is 0 Å². The molecule has 220 valence electrons. The highest BCUT2D eigenvalue weighted by atomic mass is 32.2. The van der Waals surface area contributed by atoms with E-state index in [-0.39, 0.29) is 17.3 Å². The predicted molar refractivity (Wildman–Crippen MR) is 160 cm³/mol. The number of nitrogens with zero attached hydrogens (tertiary/aromatic N) is 2. The number of benzene rings is 3. The van der Waals surface area contributed by atoms with E-state index in [2.05, 4.69) is 5.32 Å². The van der Waals surface area contributed by atoms with Crippen LogP contribution in [0.5, 0.6) is 11.5 Å². The Hall–Kier alpha value is -4.05. The Balaban J connectivity index is 1.99. The zero-order valence-corrected chi connectivity index (χ0v) is 25.1. The van der Waals surface area contributed by atoms with Gasteiger partial charge in [-0.3, -0.25) is 13.9 Å². The molecule has 0 heterocycles. The molecule has 1 atom stereocenters. The fourth-order valence-corrected chi connectivity index (χ4v) is 5.58. The lowest BCUT2D eigenvalue weighted by molar-refractivity contribution is -0.139. The van der Waals surface area contributed by atoms with Crippen LogP contribution in [0.15, 0.2) is 77.7 Å². The van der Waals surface area contributed by atoms with Gasteiger partial charge in [0, 0.05) is 13.1 Å². The summed E-state index contributed by atoms with van der Waals surface area (Å²) in [5.74, 6) is 0.348. The number of amides is 2. The molecular weight excluding hydrogens is 542 g/mol. The van der Waals surface area contributed by atoms with Crippen LogP contribution in [0.25, 0.3) is 0 Å². The number of aryl methyl sites for hydroxylation is 1. The van der Waals surface area contributed by atoms with Gasteiger partial charge in [-0.1, -0.05) is 43.2 Å². The first-order chi connectivity index (χ1) is 19.6. The summed E-state index contributed by atoms with van der Waals surface area (Å²) >= 11 is 0. The van der Waals surface area contributed by atoms with Crippen molar-refractivity contribution in [1.82, 2.24) is 10.2 Å². The number of nitrogens with one attached hydrogen (secondary N) is 1. The number of rotatable bonds is 14. The van der Waals surface area contributed by atoms with Gasteiger partial charge in [-0.25, -0.2) is 8.42 Å². The molecular formula is C31H39N3O6S. The summed E-state index contributed by atoms with van der Waals surface area (Å²) in [4.78, 5) is 28.5. The molecule has 0 aliphatic heterocycles. The van der Waals surface area contributed by atoms with Crippen LogP contribution in [0.4, 0.5) is 5.69 Å². The molecule has 41 heavy (non-hydrogen) atoms. The van der Waals surface area contributed by atoms with Crippen LogP contribution < -0.4 is 19.1 Å². The molecule has 0 fully saturated rings. The monoisotopic (exact) mass is 581 g/mol. The summed E-state index contributed by atoms with van der Waals surface area (Å²) in [6.07, 6.45) is 1.73. The number of sulfonamides is 1. The lowest BCUT2D eigenvalue weighted by Gasteiger charge is -2.32. The molecule has 1 N–H and O–H groups in total. The van der Waals surface area contributed by atoms with E-state index in [4.69, 9.17) is 9.47 Å². The highest BCUT2D eigenvalue weighted by Gasteiger charge is 2.32. The van der Waals surface area contributed by atoms with Gasteiger partial charge in [0.25, 0.3) is 10.0 Å². The number of hydrogen-bond donors (Lipinski definition) is 1. The second-order valence-corrected chi connectivity index (χ2v) is 11.6. The summed E-state index contributed by atoms with van der Waals surface area (Å²) in [5, 5.41) is 2.88. The molecule has 0 bridgehead atoms. The standard InChI is InChI=1S/C31H39N3O6S/c1-6-7-20-32-31(36)24(3)33(21-25-10-14-27(39-4)15-11-25)30(35)22-34(26-12-8-23(2)9-13-26)41(37,38)29-18-16-28(40-5)17-19-29/h8-19,24H,6-7,20-22H2,1-5H3,(H,32,36)/t24-/m0/s1. The van der Waals surface area contributed by atoms with Crippen molar-refractivity contribution < 1.29 is 27.5 Å². The van der Waals surface area contributed by atoms with Crippen molar-refractivity contribution in [2.75, 3.05) is 31.6 Å². The van der Waals surface area contributed by atoms with Crippen molar-refractivity contribution in [3.8, 4) is 11.5 Å². The Morgan fingerprint density at radius 3 is 1.98 bits per heavy atom. The Morgan fingerprint density at radius 1 is 0.878 bits per heavy atom. The van der Waals surface area contributed by atoms with Crippen molar-refractivity contribution in [3.63, 3.8) is 0 Å². The molecule has 0 aliphatic rings. The molecule has 0 saturated heterocycles. The van der Waals surface area contributed by atoms with Crippen molar-refractivity contribution in [2.24, 2.45) is 0 Å². The molecule has 3 aromatic carbocycles. The molecule has 0 unspecified atom stereocenters. The van der Waals surface area contributed by atoms with Gasteiger partial charge in [-0.15, -0.1) is 0 Å². The Labute approximate surface area is 243 Å². The van der Waals surface area contributed by atoms with Crippen molar-refractivity contribution in [3.05, 3.63) is 83.9 Å². The highest BCUT2D eigenvalue weighted by molar-refractivity contribution is 7.92. The van der Waals surface area contributed by atoms with Gasteiger partial charge in [-0.2, -0.15) is 0 Å². The zero-order valence-electron chi connectivity index (χ0n) is 24.3. The highest BCUT2D eigenvalue weighted by Crippen LogP contribution is 2.26. The lowest BCUT2D eigenvalue weighted by Crippen LogP contribution is -2.51. The van der Waals surface area contributed by atoms with E-state index >= 15 is 0 Å². The lowest BCUT2D eigenvalue weighted by atomic mass is 10.1. The molecule has 10 heteroatoms. The fraction of sp³-hybridized carbons (Fsp3) is 0.355. The Bertz CT molecular complexity index is 1390. The van der Waals surface area contributed by atoms with Gasteiger partial charge >= 0.3 is 0 Å². The first kappa shape index (κ1) is 31.5. The van der Waals surface area contributed by atoms with Gasteiger partial charge in [0.15, 0.2) is 0 Å². The summed E-state index contributed by atoms with van der Waals surface area (Å²) in [6.45, 7) is 5.67. The number of carbonyl (C=O) groups excluding carboxylic acids is 2. The Kier molecular flexibility index (Phi) is 11.2. The molecule has 3 rings (SSSR count). The summed E-state index contributed by atoms with van der Waals surface area (Å²) in [5.41, 5.74) is 2.05. The number of carbonyl (C=O) groups is 2.